The average Bonchev–Trinajstić information content (AvgIpc) is 2.90. The van der Waals surface area contributed by atoms with Crippen LogP contribution in [0.5, 0.6) is 5.75 Å². The molecule has 2 aliphatic heterocycles. The molecule has 2 aliphatic rings. The second kappa shape index (κ2) is 12.0. The second-order valence-corrected chi connectivity index (χ2v) is 10.4. The molecule has 0 aliphatic carbocycles. The van der Waals surface area contributed by atoms with Gasteiger partial charge in [-0.15, -0.1) is 0 Å². The molecule has 0 saturated carbocycles. The summed E-state index contributed by atoms with van der Waals surface area (Å²) in [4.78, 5) is 23.9. The molecule has 0 bridgehead atoms. The van der Waals surface area contributed by atoms with Crippen LogP contribution < -0.4 is 15.0 Å². The van der Waals surface area contributed by atoms with E-state index < -0.39 is 47.7 Å². The molecule has 220 valence electrons. The summed E-state index contributed by atoms with van der Waals surface area (Å²) in [5.74, 6) is -2.35. The van der Waals surface area contributed by atoms with E-state index in [1.54, 1.807) is 26.0 Å². The Hall–Kier alpha value is -3.80. The van der Waals surface area contributed by atoms with Gasteiger partial charge in [-0.05, 0) is 82.6 Å². The van der Waals surface area contributed by atoms with Gasteiger partial charge < -0.3 is 19.9 Å². The van der Waals surface area contributed by atoms with Crippen molar-refractivity contribution >= 4 is 29.0 Å². The van der Waals surface area contributed by atoms with E-state index in [1.807, 2.05) is 7.05 Å². The molecule has 2 aromatic carbocycles. The minimum Gasteiger partial charge on any atom is -0.478 e. The van der Waals surface area contributed by atoms with Crippen molar-refractivity contribution in [2.24, 2.45) is 9.98 Å². The number of nitrogens with zero attached hydrogens (tertiary/aromatic N) is 4. The molecule has 0 atom stereocenters. The van der Waals surface area contributed by atoms with Gasteiger partial charge in [0, 0.05) is 24.3 Å². The smallest absolute Gasteiger partial charge is 0.417 e. The summed E-state index contributed by atoms with van der Waals surface area (Å²) in [5.41, 5.74) is -1.60. The Bertz CT molecular complexity index is 1390. The summed E-state index contributed by atoms with van der Waals surface area (Å²) in [5, 5.41) is 2.75. The van der Waals surface area contributed by atoms with Gasteiger partial charge in [0.2, 0.25) is 5.96 Å². The molecule has 41 heavy (non-hydrogen) atoms. The summed E-state index contributed by atoms with van der Waals surface area (Å²) >= 11 is 0. The number of carbonyl (C=O) groups is 1. The fourth-order valence-corrected chi connectivity index (χ4v) is 5.01. The largest absolute Gasteiger partial charge is 0.478 e. The highest BCUT2D eigenvalue weighted by molar-refractivity contribution is 6.19. The van der Waals surface area contributed by atoms with E-state index in [0.717, 1.165) is 32.0 Å². The molecule has 1 amide bonds. The normalized spacial score (nSPS) is 17.5. The number of halogens is 5. The lowest BCUT2D eigenvalue weighted by Crippen LogP contribution is -2.43. The van der Waals surface area contributed by atoms with E-state index in [-0.39, 0.29) is 34.6 Å². The zero-order chi connectivity index (χ0) is 30.1. The molecule has 2 aromatic rings. The van der Waals surface area contributed by atoms with E-state index in [2.05, 4.69) is 26.8 Å². The van der Waals surface area contributed by atoms with Crippen LogP contribution in [0.25, 0.3) is 0 Å². The minimum atomic E-state index is -4.92. The highest BCUT2D eigenvalue weighted by Crippen LogP contribution is 2.39. The number of alkyl halides is 3. The lowest BCUT2D eigenvalue weighted by atomic mass is 9.89. The molecule has 1 N–H and O–H groups in total. The topological polar surface area (TPSA) is 69.5 Å². The number of ether oxygens (including phenoxy) is 1. The Morgan fingerprint density at radius 3 is 2.39 bits per heavy atom. The average molecular weight is 578 g/mol. The molecule has 2 heterocycles. The van der Waals surface area contributed by atoms with Gasteiger partial charge in [-0.3, -0.25) is 9.79 Å². The number of hydrogen-bond donors (Lipinski definition) is 1. The summed E-state index contributed by atoms with van der Waals surface area (Å²) < 4.78 is 77.1. The zero-order valence-electron chi connectivity index (χ0n) is 23.3. The number of anilines is 2. The van der Waals surface area contributed by atoms with Crippen molar-refractivity contribution in [3.8, 4) is 5.75 Å². The fourth-order valence-electron chi connectivity index (χ4n) is 5.01. The first-order valence-corrected chi connectivity index (χ1v) is 13.2. The number of piperidine rings is 1. The van der Waals surface area contributed by atoms with Gasteiger partial charge >= 0.3 is 6.18 Å². The minimum absolute atomic E-state index is 0.0246. The molecular formula is C29H32F5N5O2. The van der Waals surface area contributed by atoms with Crippen LogP contribution in [0.15, 0.2) is 52.5 Å². The monoisotopic (exact) mass is 577 g/mol. The van der Waals surface area contributed by atoms with Gasteiger partial charge in [0.25, 0.3) is 5.91 Å². The number of likely N-dealkylation sites (tertiary alicyclic amines) is 1. The summed E-state index contributed by atoms with van der Waals surface area (Å²) in [6.45, 7) is 7.84. The molecule has 4 rings (SSSR count). The molecular weight excluding hydrogens is 545 g/mol. The Balaban J connectivity index is 1.71. The van der Waals surface area contributed by atoms with E-state index in [1.165, 1.54) is 24.1 Å². The van der Waals surface area contributed by atoms with Crippen LogP contribution in [-0.4, -0.2) is 68.5 Å². The number of amides is 1. The van der Waals surface area contributed by atoms with Crippen LogP contribution >= 0.6 is 0 Å². The first-order valence-electron chi connectivity index (χ1n) is 13.2. The Labute approximate surface area is 235 Å². The van der Waals surface area contributed by atoms with Crippen molar-refractivity contribution in [1.82, 2.24) is 4.90 Å². The summed E-state index contributed by atoms with van der Waals surface area (Å²) in [6, 6.07) is 6.12. The molecule has 0 spiro atoms. The van der Waals surface area contributed by atoms with Crippen molar-refractivity contribution in [2.45, 2.75) is 44.8 Å². The highest BCUT2D eigenvalue weighted by Gasteiger charge is 2.38. The van der Waals surface area contributed by atoms with Gasteiger partial charge in [0.1, 0.15) is 5.82 Å². The van der Waals surface area contributed by atoms with Gasteiger partial charge in [-0.1, -0.05) is 12.6 Å². The quantitative estimate of drug-likeness (QED) is 0.273. The van der Waals surface area contributed by atoms with Gasteiger partial charge in [-0.25, -0.2) is 13.8 Å². The molecule has 12 heteroatoms. The van der Waals surface area contributed by atoms with Crippen molar-refractivity contribution in [3.63, 3.8) is 0 Å². The maximum Gasteiger partial charge on any atom is 0.417 e. The number of fused-ring (bicyclic) bond motifs is 1. The van der Waals surface area contributed by atoms with E-state index in [9.17, 15) is 18.0 Å². The number of hydrogen-bond acceptors (Lipinski definition) is 4. The van der Waals surface area contributed by atoms with Crippen molar-refractivity contribution in [1.29, 1.82) is 0 Å². The molecule has 7 nitrogen and oxygen atoms in total. The van der Waals surface area contributed by atoms with Gasteiger partial charge in [0.15, 0.2) is 18.2 Å². The van der Waals surface area contributed by atoms with Crippen LogP contribution in [0.1, 0.15) is 43.7 Å². The Kier molecular flexibility index (Phi) is 8.81. The Morgan fingerprint density at radius 1 is 1.12 bits per heavy atom. The number of aliphatic imine (C=N–C) groups is 2. The number of benzene rings is 2. The number of allylic oxidation sites excluding steroid dienone is 1. The van der Waals surface area contributed by atoms with E-state index in [4.69, 9.17) is 4.74 Å². The van der Waals surface area contributed by atoms with E-state index >= 15 is 8.78 Å². The maximum absolute atomic E-state index is 15.1. The lowest BCUT2D eigenvalue weighted by Gasteiger charge is -2.33. The molecule has 1 saturated heterocycles. The fraction of sp³-hybridized carbons (Fsp3) is 0.414. The first kappa shape index (κ1) is 30.2. The third-order valence-electron chi connectivity index (χ3n) is 7.15. The Morgan fingerprint density at radius 2 is 1.80 bits per heavy atom. The van der Waals surface area contributed by atoms with Crippen LogP contribution in [0.4, 0.5) is 33.3 Å². The molecule has 0 unspecified atom stereocenters. The first-order chi connectivity index (χ1) is 19.3. The standard InChI is InChI=1S/C29H32F5N5O2/c1-16(2)39-24-13-19(12-23(31)27(24)41-15-25(39)40)26(17(3)29(32,33)34)37-28(35-4)36-20-6-7-21(22(30)14-20)18-8-10-38(5)11-9-18/h6-7,12-14,16,18H,3,8-11,15H2,1-2,4-5H3,(H,35,36)/b37-26+. The SMILES string of the molecule is C=C(/C(=N\C(=N/C)Nc1ccc(C2CCN(C)CC2)c(F)c1)c1cc(F)c2c(c1)N(C(C)C)C(=O)CO2)C(F)(F)F. The van der Waals surface area contributed by atoms with Crippen molar-refractivity contribution in [3.05, 3.63) is 65.2 Å². The number of rotatable bonds is 5. The third kappa shape index (κ3) is 6.58. The number of nitrogens with one attached hydrogen (secondary N) is 1. The molecule has 1 fully saturated rings. The maximum atomic E-state index is 15.1. The molecule has 0 radical (unpaired) electrons. The summed E-state index contributed by atoms with van der Waals surface area (Å²) in [6.07, 6.45) is -3.29. The van der Waals surface area contributed by atoms with Crippen LogP contribution in [-0.2, 0) is 4.79 Å². The van der Waals surface area contributed by atoms with Crippen molar-refractivity contribution < 1.29 is 31.5 Å². The summed E-state index contributed by atoms with van der Waals surface area (Å²) in [7, 11) is 3.31. The lowest BCUT2D eigenvalue weighted by molar-refractivity contribution is -0.121. The highest BCUT2D eigenvalue weighted by atomic mass is 19.4. The van der Waals surface area contributed by atoms with Crippen molar-refractivity contribution in [2.75, 3.05) is 44.0 Å². The molecule has 0 aromatic heterocycles. The predicted octanol–water partition coefficient (Wildman–Crippen LogP) is 5.91. The second-order valence-electron chi connectivity index (χ2n) is 10.4. The zero-order valence-corrected chi connectivity index (χ0v) is 23.3. The van der Waals surface area contributed by atoms with Gasteiger partial charge in [0.05, 0.1) is 17.0 Å². The van der Waals surface area contributed by atoms with Gasteiger partial charge in [-0.2, -0.15) is 13.2 Å². The van der Waals surface area contributed by atoms with E-state index in [0.29, 0.717) is 5.56 Å². The predicted molar refractivity (Wildman–Crippen MR) is 149 cm³/mol. The van der Waals surface area contributed by atoms with Crippen LogP contribution in [0, 0.1) is 11.6 Å². The van der Waals surface area contributed by atoms with Crippen LogP contribution in [0.2, 0.25) is 0 Å². The number of guanidine groups is 1. The number of carbonyl (C=O) groups excluding carboxylic acids is 1. The third-order valence-corrected chi connectivity index (χ3v) is 7.15. The van der Waals surface area contributed by atoms with Crippen LogP contribution in [0.3, 0.4) is 0 Å².